The Bertz CT molecular complexity index is 606. The normalized spacial score (nSPS) is 11.1. The SMILES string of the molecule is O=[N+]([O-])c1ccc2c(Cl)nc(C(F)F)nc2c1. The molecule has 2 rings (SSSR count). The molecule has 88 valence electrons. The molecule has 8 heteroatoms. The quantitative estimate of drug-likeness (QED) is 0.472. The van der Waals surface area contributed by atoms with Crippen molar-refractivity contribution in [3.8, 4) is 0 Å². The van der Waals surface area contributed by atoms with Gasteiger partial charge in [-0.25, -0.2) is 18.7 Å². The maximum absolute atomic E-state index is 12.4. The molecular formula is C9H4ClF2N3O2. The van der Waals surface area contributed by atoms with Crippen LogP contribution >= 0.6 is 11.6 Å². The van der Waals surface area contributed by atoms with Gasteiger partial charge in [-0.1, -0.05) is 11.6 Å². The Morgan fingerprint density at radius 3 is 2.65 bits per heavy atom. The molecule has 1 aromatic carbocycles. The smallest absolute Gasteiger partial charge is 0.258 e. The van der Waals surface area contributed by atoms with Crippen molar-refractivity contribution in [3.63, 3.8) is 0 Å². The second kappa shape index (κ2) is 4.17. The Kier molecular flexibility index (Phi) is 2.84. The summed E-state index contributed by atoms with van der Waals surface area (Å²) in [5.74, 6) is -0.747. The van der Waals surface area contributed by atoms with Gasteiger partial charge in [0.15, 0.2) is 5.82 Å². The number of rotatable bonds is 2. The van der Waals surface area contributed by atoms with Crippen molar-refractivity contribution in [2.24, 2.45) is 0 Å². The molecule has 1 heterocycles. The van der Waals surface area contributed by atoms with Gasteiger partial charge in [-0.15, -0.1) is 0 Å². The standard InChI is InChI=1S/C9H4ClF2N3O2/c10-7-5-2-1-4(15(16)17)3-6(5)13-9(14-7)8(11)12/h1-3,8H. The first-order chi connectivity index (χ1) is 7.99. The van der Waals surface area contributed by atoms with Gasteiger partial charge in [0.2, 0.25) is 0 Å². The van der Waals surface area contributed by atoms with Gasteiger partial charge >= 0.3 is 0 Å². The minimum absolute atomic E-state index is 0.0227. The molecule has 0 amide bonds. The first-order valence-corrected chi connectivity index (χ1v) is 4.76. The van der Waals surface area contributed by atoms with E-state index in [1.807, 2.05) is 0 Å². The molecule has 0 aliphatic rings. The van der Waals surface area contributed by atoms with Gasteiger partial charge in [0.05, 0.1) is 10.4 Å². The topological polar surface area (TPSA) is 68.9 Å². The number of benzene rings is 1. The molecule has 5 nitrogen and oxygen atoms in total. The molecule has 0 aliphatic heterocycles. The van der Waals surface area contributed by atoms with Crippen LogP contribution in [0.15, 0.2) is 18.2 Å². The van der Waals surface area contributed by atoms with E-state index >= 15 is 0 Å². The Labute approximate surface area is 98.2 Å². The molecule has 0 N–H and O–H groups in total. The summed E-state index contributed by atoms with van der Waals surface area (Å²) in [6.07, 6.45) is -2.88. The fourth-order valence-corrected chi connectivity index (χ4v) is 1.55. The summed E-state index contributed by atoms with van der Waals surface area (Å²) in [6, 6.07) is 3.61. The van der Waals surface area contributed by atoms with Crippen LogP contribution in [0.25, 0.3) is 10.9 Å². The first-order valence-electron chi connectivity index (χ1n) is 4.39. The fraction of sp³-hybridized carbons (Fsp3) is 0.111. The summed E-state index contributed by atoms with van der Waals surface area (Å²) in [4.78, 5) is 16.8. The molecular weight excluding hydrogens is 256 g/mol. The third-order valence-corrected chi connectivity index (χ3v) is 2.35. The second-order valence-electron chi connectivity index (χ2n) is 3.13. The molecule has 0 radical (unpaired) electrons. The lowest BCUT2D eigenvalue weighted by Crippen LogP contribution is -1.97. The summed E-state index contributed by atoms with van der Waals surface area (Å²) in [5.41, 5.74) is -0.220. The molecule has 0 atom stereocenters. The van der Waals surface area contributed by atoms with E-state index in [9.17, 15) is 18.9 Å². The minimum atomic E-state index is -2.88. The van der Waals surface area contributed by atoms with Crippen molar-refractivity contribution in [1.82, 2.24) is 9.97 Å². The molecule has 1 aromatic heterocycles. The van der Waals surface area contributed by atoms with Crippen LogP contribution in [0.5, 0.6) is 0 Å². The van der Waals surface area contributed by atoms with Gasteiger partial charge in [-0.3, -0.25) is 10.1 Å². The third-order valence-electron chi connectivity index (χ3n) is 2.06. The van der Waals surface area contributed by atoms with Crippen LogP contribution in [0.1, 0.15) is 12.2 Å². The minimum Gasteiger partial charge on any atom is -0.258 e. The first kappa shape index (κ1) is 11.6. The van der Waals surface area contributed by atoms with E-state index in [1.165, 1.54) is 12.1 Å². The highest BCUT2D eigenvalue weighted by atomic mass is 35.5. The summed E-state index contributed by atoms with van der Waals surface area (Å²) in [5, 5.41) is 10.7. The van der Waals surface area contributed by atoms with E-state index in [1.54, 1.807) is 0 Å². The number of aromatic nitrogens is 2. The predicted molar refractivity (Wildman–Crippen MR) is 56.2 cm³/mol. The summed E-state index contributed by atoms with van der Waals surface area (Å²) in [7, 11) is 0. The zero-order valence-corrected chi connectivity index (χ0v) is 8.86. The van der Waals surface area contributed by atoms with Crippen LogP contribution in [0.2, 0.25) is 5.15 Å². The molecule has 0 aliphatic carbocycles. The average molecular weight is 260 g/mol. The van der Waals surface area contributed by atoms with E-state index in [0.717, 1.165) is 6.07 Å². The summed E-state index contributed by atoms with van der Waals surface area (Å²) in [6.45, 7) is 0. The lowest BCUT2D eigenvalue weighted by Gasteiger charge is -2.03. The highest BCUT2D eigenvalue weighted by Gasteiger charge is 2.16. The van der Waals surface area contributed by atoms with Gasteiger partial charge in [0.25, 0.3) is 12.1 Å². The highest BCUT2D eigenvalue weighted by molar-refractivity contribution is 6.34. The number of fused-ring (bicyclic) bond motifs is 1. The monoisotopic (exact) mass is 259 g/mol. The average Bonchev–Trinajstić information content (AvgIpc) is 2.27. The van der Waals surface area contributed by atoms with Gasteiger partial charge in [-0.2, -0.15) is 0 Å². The lowest BCUT2D eigenvalue weighted by molar-refractivity contribution is -0.384. The van der Waals surface area contributed by atoms with E-state index in [4.69, 9.17) is 11.6 Å². The maximum Gasteiger partial charge on any atom is 0.297 e. The molecule has 0 spiro atoms. The number of non-ortho nitro benzene ring substituents is 1. The number of nitro groups is 1. The van der Waals surface area contributed by atoms with Crippen molar-refractivity contribution in [2.45, 2.75) is 6.43 Å². The Morgan fingerprint density at radius 2 is 2.06 bits per heavy atom. The summed E-state index contributed by atoms with van der Waals surface area (Å²) < 4.78 is 24.8. The van der Waals surface area contributed by atoms with Crippen molar-refractivity contribution < 1.29 is 13.7 Å². The van der Waals surface area contributed by atoms with E-state index in [0.29, 0.717) is 5.39 Å². The number of alkyl halides is 2. The number of hydrogen-bond acceptors (Lipinski definition) is 4. The van der Waals surface area contributed by atoms with Crippen molar-refractivity contribution >= 4 is 28.2 Å². The molecule has 0 saturated carbocycles. The van der Waals surface area contributed by atoms with Crippen molar-refractivity contribution in [2.75, 3.05) is 0 Å². The van der Waals surface area contributed by atoms with Crippen LogP contribution < -0.4 is 0 Å². The maximum atomic E-state index is 12.4. The van der Waals surface area contributed by atoms with Gasteiger partial charge < -0.3 is 0 Å². The van der Waals surface area contributed by atoms with E-state index in [2.05, 4.69) is 9.97 Å². The Morgan fingerprint density at radius 1 is 1.35 bits per heavy atom. The predicted octanol–water partition coefficient (Wildman–Crippen LogP) is 3.13. The number of nitrogens with zero attached hydrogens (tertiary/aromatic N) is 3. The van der Waals surface area contributed by atoms with Crippen LogP contribution in [-0.2, 0) is 0 Å². The molecule has 0 unspecified atom stereocenters. The van der Waals surface area contributed by atoms with Crippen LogP contribution in [0.4, 0.5) is 14.5 Å². The highest BCUT2D eigenvalue weighted by Crippen LogP contribution is 2.26. The molecule has 2 aromatic rings. The lowest BCUT2D eigenvalue weighted by atomic mass is 10.2. The molecule has 0 fully saturated rings. The van der Waals surface area contributed by atoms with Crippen molar-refractivity contribution in [3.05, 3.63) is 39.3 Å². The Hall–Kier alpha value is -1.89. The van der Waals surface area contributed by atoms with E-state index < -0.39 is 17.2 Å². The van der Waals surface area contributed by atoms with E-state index in [-0.39, 0.29) is 16.4 Å². The third kappa shape index (κ3) is 2.14. The zero-order valence-electron chi connectivity index (χ0n) is 8.10. The Balaban J connectivity index is 2.70. The van der Waals surface area contributed by atoms with Crippen molar-refractivity contribution in [1.29, 1.82) is 0 Å². The molecule has 17 heavy (non-hydrogen) atoms. The fourth-order valence-electron chi connectivity index (χ4n) is 1.31. The largest absolute Gasteiger partial charge is 0.297 e. The van der Waals surface area contributed by atoms with Gasteiger partial charge in [-0.05, 0) is 6.07 Å². The van der Waals surface area contributed by atoms with Crippen LogP contribution in [0.3, 0.4) is 0 Å². The molecule has 0 bridgehead atoms. The second-order valence-corrected chi connectivity index (χ2v) is 3.49. The summed E-state index contributed by atoms with van der Waals surface area (Å²) >= 11 is 5.68. The van der Waals surface area contributed by atoms with Crippen LogP contribution in [-0.4, -0.2) is 14.9 Å². The van der Waals surface area contributed by atoms with Gasteiger partial charge in [0, 0.05) is 17.5 Å². The van der Waals surface area contributed by atoms with Gasteiger partial charge in [0.1, 0.15) is 5.15 Å². The number of hydrogen-bond donors (Lipinski definition) is 0. The van der Waals surface area contributed by atoms with Crippen LogP contribution in [0, 0.1) is 10.1 Å². The number of halogens is 3. The molecule has 0 saturated heterocycles. The number of nitro benzene ring substituents is 1. The zero-order chi connectivity index (χ0) is 12.6.